The van der Waals surface area contributed by atoms with Crippen molar-refractivity contribution in [2.45, 2.75) is 5.51 Å². The number of carbonyl (C=O) groups is 2. The molecule has 1 atom stereocenters. The zero-order valence-corrected chi connectivity index (χ0v) is 9.34. The fraction of sp³-hybridized carbons (Fsp3) is 0.111. The second-order valence-electron chi connectivity index (χ2n) is 3.02. The van der Waals surface area contributed by atoms with Crippen LogP contribution in [0.2, 0.25) is 0 Å². The Kier molecular flexibility index (Phi) is 4.19. The molecule has 5 nitrogen and oxygen atoms in total. The first-order chi connectivity index (χ1) is 8.23. The highest BCUT2D eigenvalue weighted by Crippen LogP contribution is 2.17. The van der Waals surface area contributed by atoms with Gasteiger partial charge in [-0.1, -0.05) is 12.1 Å². The molecule has 0 aromatic heterocycles. The molecule has 0 aliphatic carbocycles. The summed E-state index contributed by atoms with van der Waals surface area (Å²) in [6, 6.07) is 6.74. The quantitative estimate of drug-likeness (QED) is 0.554. The van der Waals surface area contributed by atoms with Crippen molar-refractivity contribution in [1.82, 2.24) is 5.32 Å². The van der Waals surface area contributed by atoms with Crippen molar-refractivity contribution in [3.63, 3.8) is 0 Å². The average molecular weight is 281 g/mol. The summed E-state index contributed by atoms with van der Waals surface area (Å²) in [7, 11) is 0. The van der Waals surface area contributed by atoms with Crippen molar-refractivity contribution in [2.75, 3.05) is 0 Å². The molecule has 0 fully saturated rings. The molecule has 1 aliphatic rings. The van der Waals surface area contributed by atoms with E-state index in [2.05, 4.69) is 5.32 Å². The lowest BCUT2D eigenvalue weighted by atomic mass is 10.1. The second-order valence-corrected chi connectivity index (χ2v) is 3.98. The van der Waals surface area contributed by atoms with E-state index in [1.54, 1.807) is 24.3 Å². The van der Waals surface area contributed by atoms with Crippen molar-refractivity contribution in [1.29, 1.82) is 0 Å². The molecule has 1 heterocycles. The standard InChI is InChI=1S/C8H5NO2.CHF3O2S/c10-7-5-3-1-2-4-6(5)8(11)9-7;2-1(3,4)7(5)6/h1-4H,(H,9,10,11);(H,5,6). The molecule has 0 saturated heterocycles. The Hall–Kier alpha value is -1.74. The highest BCUT2D eigenvalue weighted by Gasteiger charge is 2.35. The van der Waals surface area contributed by atoms with Gasteiger partial charge in [0.15, 0.2) is 0 Å². The van der Waals surface area contributed by atoms with E-state index in [0.29, 0.717) is 11.1 Å². The molecule has 2 rings (SSSR count). The van der Waals surface area contributed by atoms with Gasteiger partial charge in [-0.25, -0.2) is 4.21 Å². The van der Waals surface area contributed by atoms with E-state index in [1.165, 1.54) is 0 Å². The van der Waals surface area contributed by atoms with Crippen LogP contribution in [0, 0.1) is 0 Å². The van der Waals surface area contributed by atoms with Gasteiger partial charge >= 0.3 is 5.51 Å². The summed E-state index contributed by atoms with van der Waals surface area (Å²) < 4.78 is 48.1. The predicted octanol–water partition coefficient (Wildman–Crippen LogP) is 1.30. The summed E-state index contributed by atoms with van der Waals surface area (Å²) in [4.78, 5) is 21.9. The van der Waals surface area contributed by atoms with Gasteiger partial charge in [0.25, 0.3) is 22.9 Å². The van der Waals surface area contributed by atoms with Crippen molar-refractivity contribution in [3.8, 4) is 0 Å². The third kappa shape index (κ3) is 3.37. The van der Waals surface area contributed by atoms with Crippen LogP contribution in [0.1, 0.15) is 20.7 Å². The van der Waals surface area contributed by atoms with Crippen molar-refractivity contribution >= 4 is 22.9 Å². The van der Waals surface area contributed by atoms with Crippen LogP contribution in [-0.2, 0) is 11.1 Å². The topological polar surface area (TPSA) is 83.5 Å². The lowest BCUT2D eigenvalue weighted by molar-refractivity contribution is -0.0446. The zero-order chi connectivity index (χ0) is 13.9. The van der Waals surface area contributed by atoms with Crippen molar-refractivity contribution in [3.05, 3.63) is 35.4 Å². The minimum Gasteiger partial charge on any atom is -0.299 e. The van der Waals surface area contributed by atoms with Crippen LogP contribution in [0.3, 0.4) is 0 Å². The van der Waals surface area contributed by atoms with Crippen LogP contribution in [-0.4, -0.2) is 26.1 Å². The van der Waals surface area contributed by atoms with Crippen LogP contribution in [0.4, 0.5) is 13.2 Å². The third-order valence-corrected chi connectivity index (χ3v) is 2.24. The predicted molar refractivity (Wildman–Crippen MR) is 55.1 cm³/mol. The van der Waals surface area contributed by atoms with E-state index in [1.807, 2.05) is 0 Å². The molecule has 18 heavy (non-hydrogen) atoms. The Morgan fingerprint density at radius 3 is 1.67 bits per heavy atom. The van der Waals surface area contributed by atoms with Crippen LogP contribution in [0.15, 0.2) is 24.3 Å². The van der Waals surface area contributed by atoms with E-state index < -0.39 is 16.6 Å². The summed E-state index contributed by atoms with van der Waals surface area (Å²) in [5.74, 6) is -0.601. The zero-order valence-electron chi connectivity index (χ0n) is 8.52. The van der Waals surface area contributed by atoms with Crippen LogP contribution in [0.25, 0.3) is 0 Å². The number of rotatable bonds is 0. The number of hydrogen-bond acceptors (Lipinski definition) is 3. The first kappa shape index (κ1) is 14.3. The monoisotopic (exact) mass is 281 g/mol. The van der Waals surface area contributed by atoms with Gasteiger partial charge in [0, 0.05) is 0 Å². The molecular weight excluding hydrogens is 275 g/mol. The first-order valence-electron chi connectivity index (χ1n) is 4.36. The van der Waals surface area contributed by atoms with Gasteiger partial charge in [-0.15, -0.1) is 0 Å². The lowest BCUT2D eigenvalue weighted by Gasteiger charge is -1.94. The summed E-state index contributed by atoms with van der Waals surface area (Å²) in [5.41, 5.74) is -4.03. The molecule has 0 spiro atoms. The number of carbonyl (C=O) groups excluding carboxylic acids is 2. The van der Waals surface area contributed by atoms with E-state index in [9.17, 15) is 22.8 Å². The first-order valence-corrected chi connectivity index (χ1v) is 5.46. The highest BCUT2D eigenvalue weighted by molar-refractivity contribution is 7.80. The molecule has 9 heteroatoms. The van der Waals surface area contributed by atoms with Crippen molar-refractivity contribution < 1.29 is 31.5 Å². The Bertz CT molecular complexity index is 482. The van der Waals surface area contributed by atoms with Gasteiger partial charge in [-0.05, 0) is 12.1 Å². The summed E-state index contributed by atoms with van der Waals surface area (Å²) >= 11 is -3.68. The summed E-state index contributed by atoms with van der Waals surface area (Å²) in [6.45, 7) is 0. The normalized spacial score (nSPS) is 15.3. The van der Waals surface area contributed by atoms with Gasteiger partial charge in [0.1, 0.15) is 0 Å². The summed E-state index contributed by atoms with van der Waals surface area (Å²) in [5, 5.41) is 2.20. The molecule has 0 saturated carbocycles. The number of halogens is 3. The largest absolute Gasteiger partial charge is 0.496 e. The molecule has 1 aliphatic heterocycles. The Balaban J connectivity index is 0.000000203. The summed E-state index contributed by atoms with van der Waals surface area (Å²) in [6.07, 6.45) is 0. The van der Waals surface area contributed by atoms with E-state index in [0.717, 1.165) is 0 Å². The number of alkyl halides is 3. The van der Waals surface area contributed by atoms with Crippen LogP contribution in [0.5, 0.6) is 0 Å². The SMILES string of the molecule is O=C1NC(=O)c2ccccc21.O=S(O)C(F)(F)F. The molecule has 1 unspecified atom stereocenters. The second kappa shape index (κ2) is 5.27. The third-order valence-electron chi connectivity index (χ3n) is 1.84. The number of benzene rings is 1. The van der Waals surface area contributed by atoms with E-state index >= 15 is 0 Å². The fourth-order valence-corrected chi connectivity index (χ4v) is 1.12. The van der Waals surface area contributed by atoms with Gasteiger partial charge < -0.3 is 0 Å². The highest BCUT2D eigenvalue weighted by atomic mass is 32.2. The van der Waals surface area contributed by atoms with Crippen LogP contribution >= 0.6 is 0 Å². The smallest absolute Gasteiger partial charge is 0.299 e. The molecule has 0 bridgehead atoms. The molecule has 1 aromatic carbocycles. The average Bonchev–Trinajstić information content (AvgIpc) is 2.55. The molecule has 1 aromatic rings. The van der Waals surface area contributed by atoms with Crippen molar-refractivity contribution in [2.24, 2.45) is 0 Å². The number of amides is 2. The lowest BCUT2D eigenvalue weighted by Crippen LogP contribution is -2.19. The van der Waals surface area contributed by atoms with Gasteiger partial charge in [0.2, 0.25) is 0 Å². The molecular formula is C9H6F3NO4S. The van der Waals surface area contributed by atoms with Gasteiger partial charge in [0.05, 0.1) is 11.1 Å². The number of nitrogens with one attached hydrogen (secondary N) is 1. The molecule has 2 N–H and O–H groups in total. The minimum absolute atomic E-state index is 0.300. The number of fused-ring (bicyclic) bond motifs is 1. The Morgan fingerprint density at radius 2 is 1.39 bits per heavy atom. The maximum atomic E-state index is 10.9. The molecule has 98 valence electrons. The Labute approximate surface area is 101 Å². The van der Waals surface area contributed by atoms with E-state index in [4.69, 9.17) is 8.76 Å². The molecule has 0 radical (unpaired) electrons. The maximum absolute atomic E-state index is 10.9. The minimum atomic E-state index is -4.97. The van der Waals surface area contributed by atoms with E-state index in [-0.39, 0.29) is 11.8 Å². The number of hydrogen-bond donors (Lipinski definition) is 2. The van der Waals surface area contributed by atoms with Crippen LogP contribution < -0.4 is 5.32 Å². The van der Waals surface area contributed by atoms with Gasteiger partial charge in [-0.2, -0.15) is 13.2 Å². The Morgan fingerprint density at radius 1 is 1.06 bits per heavy atom. The molecule has 2 amide bonds. The fourth-order valence-electron chi connectivity index (χ4n) is 1.12. The van der Waals surface area contributed by atoms with Gasteiger partial charge in [-0.3, -0.25) is 19.5 Å². The number of imide groups is 1. The maximum Gasteiger partial charge on any atom is 0.496 e.